The fourth-order valence-corrected chi connectivity index (χ4v) is 3.96. The first-order valence-electron chi connectivity index (χ1n) is 8.28. The van der Waals surface area contributed by atoms with Crippen LogP contribution in [0.1, 0.15) is 65.2 Å². The summed E-state index contributed by atoms with van der Waals surface area (Å²) in [6.45, 7) is 5.96. The van der Waals surface area contributed by atoms with Crippen LogP contribution in [0.15, 0.2) is 0 Å². The van der Waals surface area contributed by atoms with Crippen molar-refractivity contribution in [3.8, 4) is 0 Å². The van der Waals surface area contributed by atoms with Gasteiger partial charge in [0.25, 0.3) is 0 Å². The number of nitrogens with one attached hydrogen (secondary N) is 2. The summed E-state index contributed by atoms with van der Waals surface area (Å²) in [5.41, 5.74) is 0. The topological polar surface area (TPSA) is 58.2 Å². The fourth-order valence-electron chi connectivity index (χ4n) is 2.73. The largest absolute Gasteiger partial charge is 0.314 e. The standard InChI is InChI=1S/C15H32N2O2S/c1-3-5-8-14(4-2)13-17-20(18,19)12-10-15-9-6-7-11-16-15/h14-17H,3-13H2,1-2H3. The van der Waals surface area contributed by atoms with Crippen molar-refractivity contribution in [2.24, 2.45) is 5.92 Å². The monoisotopic (exact) mass is 304 g/mol. The predicted octanol–water partition coefficient (Wildman–Crippen LogP) is 2.65. The molecule has 2 N–H and O–H groups in total. The lowest BCUT2D eigenvalue weighted by molar-refractivity contribution is 0.391. The minimum Gasteiger partial charge on any atom is -0.314 e. The molecule has 5 heteroatoms. The molecule has 1 saturated heterocycles. The molecule has 1 fully saturated rings. The van der Waals surface area contributed by atoms with E-state index in [9.17, 15) is 8.42 Å². The van der Waals surface area contributed by atoms with Gasteiger partial charge in [-0.05, 0) is 38.1 Å². The molecule has 0 saturated carbocycles. The van der Waals surface area contributed by atoms with Gasteiger partial charge in [-0.2, -0.15) is 0 Å². The van der Waals surface area contributed by atoms with Gasteiger partial charge < -0.3 is 5.32 Å². The van der Waals surface area contributed by atoms with E-state index in [-0.39, 0.29) is 5.75 Å². The van der Waals surface area contributed by atoms with Gasteiger partial charge in [-0.25, -0.2) is 13.1 Å². The lowest BCUT2D eigenvalue weighted by Crippen LogP contribution is -2.38. The molecular weight excluding hydrogens is 272 g/mol. The molecule has 4 nitrogen and oxygen atoms in total. The molecule has 0 aromatic carbocycles. The van der Waals surface area contributed by atoms with E-state index in [1.807, 2.05) is 0 Å². The molecular formula is C15H32N2O2S. The van der Waals surface area contributed by atoms with Crippen LogP contribution >= 0.6 is 0 Å². The first-order chi connectivity index (χ1) is 9.57. The van der Waals surface area contributed by atoms with E-state index >= 15 is 0 Å². The van der Waals surface area contributed by atoms with Gasteiger partial charge in [0.05, 0.1) is 5.75 Å². The SMILES string of the molecule is CCCCC(CC)CNS(=O)(=O)CCC1CCCCN1. The van der Waals surface area contributed by atoms with Gasteiger partial charge in [0.2, 0.25) is 10.0 Å². The second-order valence-corrected chi connectivity index (χ2v) is 7.95. The van der Waals surface area contributed by atoms with Crippen LogP contribution in [0.3, 0.4) is 0 Å². The first kappa shape index (κ1) is 17.9. The third-order valence-electron chi connectivity index (χ3n) is 4.28. The maximum absolute atomic E-state index is 12.0. The molecule has 2 unspecified atom stereocenters. The minimum atomic E-state index is -3.10. The second kappa shape index (κ2) is 9.74. The molecule has 0 aromatic rings. The fraction of sp³-hybridized carbons (Fsp3) is 1.00. The van der Waals surface area contributed by atoms with Crippen LogP contribution in [-0.2, 0) is 10.0 Å². The van der Waals surface area contributed by atoms with E-state index in [1.165, 1.54) is 25.7 Å². The maximum Gasteiger partial charge on any atom is 0.211 e. The van der Waals surface area contributed by atoms with Crippen LogP contribution < -0.4 is 10.0 Å². The Bertz CT molecular complexity index is 338. The summed E-state index contributed by atoms with van der Waals surface area (Å²) in [4.78, 5) is 0. The molecule has 120 valence electrons. The highest BCUT2D eigenvalue weighted by atomic mass is 32.2. The van der Waals surface area contributed by atoms with Crippen LogP contribution in [-0.4, -0.2) is 33.3 Å². The van der Waals surface area contributed by atoms with Crippen molar-refractivity contribution >= 4 is 10.0 Å². The number of unbranched alkanes of at least 4 members (excludes halogenated alkanes) is 1. The molecule has 1 aliphatic rings. The van der Waals surface area contributed by atoms with Crippen LogP contribution in [0.25, 0.3) is 0 Å². The highest BCUT2D eigenvalue weighted by molar-refractivity contribution is 7.89. The van der Waals surface area contributed by atoms with Gasteiger partial charge in [-0.15, -0.1) is 0 Å². The molecule has 0 aliphatic carbocycles. The summed E-state index contributed by atoms with van der Waals surface area (Å²) in [5.74, 6) is 0.743. The molecule has 0 radical (unpaired) electrons. The Labute approximate surface area is 125 Å². The number of piperidine rings is 1. The van der Waals surface area contributed by atoms with E-state index in [2.05, 4.69) is 23.9 Å². The Morgan fingerprint density at radius 2 is 2.10 bits per heavy atom. The van der Waals surface area contributed by atoms with Crippen molar-refractivity contribution in [1.29, 1.82) is 0 Å². The Morgan fingerprint density at radius 3 is 2.70 bits per heavy atom. The zero-order chi connectivity index (χ0) is 14.8. The van der Waals surface area contributed by atoms with Crippen molar-refractivity contribution in [3.05, 3.63) is 0 Å². The zero-order valence-corrected chi connectivity index (χ0v) is 14.0. The van der Waals surface area contributed by atoms with Crippen LogP contribution in [0.2, 0.25) is 0 Å². The number of rotatable bonds is 10. The van der Waals surface area contributed by atoms with E-state index in [0.717, 1.165) is 32.2 Å². The van der Waals surface area contributed by atoms with Gasteiger partial charge in [-0.3, -0.25) is 0 Å². The number of hydrogen-bond donors (Lipinski definition) is 2. The highest BCUT2D eigenvalue weighted by Gasteiger charge is 2.18. The third-order valence-corrected chi connectivity index (χ3v) is 5.66. The third kappa shape index (κ3) is 7.60. The van der Waals surface area contributed by atoms with Crippen LogP contribution in [0.5, 0.6) is 0 Å². The summed E-state index contributed by atoms with van der Waals surface area (Å²) in [6.07, 6.45) is 8.83. The summed E-state index contributed by atoms with van der Waals surface area (Å²) in [7, 11) is -3.10. The zero-order valence-electron chi connectivity index (χ0n) is 13.2. The van der Waals surface area contributed by atoms with Crippen LogP contribution in [0, 0.1) is 5.92 Å². The number of sulfonamides is 1. The summed E-state index contributed by atoms with van der Waals surface area (Å²) in [6, 6.07) is 0.391. The second-order valence-electron chi connectivity index (χ2n) is 6.02. The minimum absolute atomic E-state index is 0.259. The maximum atomic E-state index is 12.0. The van der Waals surface area contributed by atoms with Crippen LogP contribution in [0.4, 0.5) is 0 Å². The molecule has 20 heavy (non-hydrogen) atoms. The van der Waals surface area contributed by atoms with Gasteiger partial charge in [0.1, 0.15) is 0 Å². The van der Waals surface area contributed by atoms with Crippen molar-refractivity contribution in [2.75, 3.05) is 18.8 Å². The van der Waals surface area contributed by atoms with E-state index < -0.39 is 10.0 Å². The molecule has 0 bridgehead atoms. The molecule has 0 aromatic heterocycles. The molecule has 2 atom stereocenters. The molecule has 1 aliphatic heterocycles. The smallest absolute Gasteiger partial charge is 0.211 e. The first-order valence-corrected chi connectivity index (χ1v) is 9.93. The predicted molar refractivity (Wildman–Crippen MR) is 85.4 cm³/mol. The molecule has 1 rings (SSSR count). The average molecular weight is 305 g/mol. The van der Waals surface area contributed by atoms with E-state index in [0.29, 0.717) is 18.5 Å². The lowest BCUT2D eigenvalue weighted by Gasteiger charge is -2.23. The van der Waals surface area contributed by atoms with Crippen molar-refractivity contribution < 1.29 is 8.42 Å². The summed E-state index contributed by atoms with van der Waals surface area (Å²) in [5, 5.41) is 3.40. The number of hydrogen-bond acceptors (Lipinski definition) is 3. The molecule has 0 amide bonds. The Balaban J connectivity index is 2.25. The van der Waals surface area contributed by atoms with Gasteiger partial charge >= 0.3 is 0 Å². The Hall–Kier alpha value is -0.130. The quantitative estimate of drug-likeness (QED) is 0.652. The highest BCUT2D eigenvalue weighted by Crippen LogP contribution is 2.13. The Morgan fingerprint density at radius 1 is 1.30 bits per heavy atom. The normalized spacial score (nSPS) is 21.8. The van der Waals surface area contributed by atoms with E-state index in [1.54, 1.807) is 0 Å². The molecule has 1 heterocycles. The molecule has 0 spiro atoms. The Kier molecular flexibility index (Phi) is 8.73. The van der Waals surface area contributed by atoms with Gasteiger partial charge in [0.15, 0.2) is 0 Å². The van der Waals surface area contributed by atoms with Gasteiger partial charge in [0, 0.05) is 12.6 Å². The van der Waals surface area contributed by atoms with Crippen molar-refractivity contribution in [3.63, 3.8) is 0 Å². The average Bonchev–Trinajstić information content (AvgIpc) is 2.47. The summed E-state index contributed by atoms with van der Waals surface area (Å²) < 4.78 is 26.9. The van der Waals surface area contributed by atoms with Crippen molar-refractivity contribution in [1.82, 2.24) is 10.0 Å². The van der Waals surface area contributed by atoms with Gasteiger partial charge in [-0.1, -0.05) is 39.5 Å². The van der Waals surface area contributed by atoms with Crippen molar-refractivity contribution in [2.45, 2.75) is 71.3 Å². The summed E-state index contributed by atoms with van der Waals surface area (Å²) >= 11 is 0. The van der Waals surface area contributed by atoms with E-state index in [4.69, 9.17) is 0 Å². The lowest BCUT2D eigenvalue weighted by atomic mass is 10.00.